The first-order valence-corrected chi connectivity index (χ1v) is 7.94. The van der Waals surface area contributed by atoms with Gasteiger partial charge in [-0.3, -0.25) is 9.59 Å². The van der Waals surface area contributed by atoms with E-state index >= 15 is 0 Å². The van der Waals surface area contributed by atoms with Gasteiger partial charge in [0.2, 0.25) is 0 Å². The van der Waals surface area contributed by atoms with E-state index in [9.17, 15) is 19.5 Å². The molecule has 2 amide bonds. The van der Waals surface area contributed by atoms with Gasteiger partial charge in [0.05, 0.1) is 11.8 Å². The second-order valence-electron chi connectivity index (χ2n) is 5.93. The van der Waals surface area contributed by atoms with Crippen molar-refractivity contribution in [3.8, 4) is 5.69 Å². The molecule has 1 aliphatic heterocycles. The normalized spacial score (nSPS) is 19.5. The molecule has 1 aromatic heterocycles. The number of aromatic nitrogens is 2. The van der Waals surface area contributed by atoms with Crippen molar-refractivity contribution in [1.29, 1.82) is 0 Å². The van der Waals surface area contributed by atoms with Crippen LogP contribution in [0.2, 0.25) is 0 Å². The molecule has 9 nitrogen and oxygen atoms in total. The van der Waals surface area contributed by atoms with Gasteiger partial charge < -0.3 is 20.5 Å². The van der Waals surface area contributed by atoms with Crippen LogP contribution < -0.4 is 5.73 Å². The predicted molar refractivity (Wildman–Crippen MR) is 90.0 cm³/mol. The Labute approximate surface area is 149 Å². The minimum atomic E-state index is -1.12. The lowest BCUT2D eigenvalue weighted by molar-refractivity contribution is -0.141. The standard InChI is InChI=1S/C17H18N4O5/c1-26-11-7-14(17(24)25)20(9-11)16(23)12-8-13(15(18)22)21(19-12)10-5-3-2-4-6-10/h2-6,8,11,14H,7,9H2,1H3,(H2,18,22)(H,24,25). The molecular formula is C17H18N4O5. The zero-order chi connectivity index (χ0) is 18.8. The van der Waals surface area contributed by atoms with Gasteiger partial charge in [-0.05, 0) is 12.1 Å². The van der Waals surface area contributed by atoms with Crippen molar-refractivity contribution in [3.63, 3.8) is 0 Å². The summed E-state index contributed by atoms with van der Waals surface area (Å²) in [6.07, 6.45) is -0.175. The number of amides is 2. The summed E-state index contributed by atoms with van der Waals surface area (Å²) in [4.78, 5) is 37.2. The number of methoxy groups -OCH3 is 1. The molecule has 2 aromatic rings. The highest BCUT2D eigenvalue weighted by atomic mass is 16.5. The van der Waals surface area contributed by atoms with Gasteiger partial charge in [-0.2, -0.15) is 5.10 Å². The number of nitrogens with two attached hydrogens (primary N) is 1. The van der Waals surface area contributed by atoms with Crippen molar-refractivity contribution in [1.82, 2.24) is 14.7 Å². The third kappa shape index (κ3) is 3.16. The van der Waals surface area contributed by atoms with E-state index in [1.165, 1.54) is 22.8 Å². The molecule has 0 saturated carbocycles. The van der Waals surface area contributed by atoms with Crippen molar-refractivity contribution in [2.24, 2.45) is 5.73 Å². The molecule has 0 radical (unpaired) electrons. The van der Waals surface area contributed by atoms with Crippen molar-refractivity contribution in [3.05, 3.63) is 47.8 Å². The molecule has 136 valence electrons. The zero-order valence-corrected chi connectivity index (χ0v) is 14.0. The minimum Gasteiger partial charge on any atom is -0.480 e. The highest BCUT2D eigenvalue weighted by molar-refractivity contribution is 5.99. The molecule has 2 heterocycles. The first kappa shape index (κ1) is 17.6. The number of likely N-dealkylation sites (tertiary alicyclic amines) is 1. The molecule has 1 saturated heterocycles. The number of carboxylic acids is 1. The predicted octanol–water partition coefficient (Wildman–Crippen LogP) is 0.285. The van der Waals surface area contributed by atoms with E-state index in [4.69, 9.17) is 10.5 Å². The smallest absolute Gasteiger partial charge is 0.326 e. The van der Waals surface area contributed by atoms with Crippen LogP contribution >= 0.6 is 0 Å². The van der Waals surface area contributed by atoms with Crippen LogP contribution in [-0.4, -0.2) is 63.4 Å². The molecule has 3 N–H and O–H groups in total. The van der Waals surface area contributed by atoms with E-state index in [1.54, 1.807) is 30.3 Å². The fraction of sp³-hybridized carbons (Fsp3) is 0.294. The van der Waals surface area contributed by atoms with Crippen molar-refractivity contribution in [2.45, 2.75) is 18.6 Å². The van der Waals surface area contributed by atoms with Gasteiger partial charge in [-0.15, -0.1) is 0 Å². The van der Waals surface area contributed by atoms with E-state index in [0.29, 0.717) is 5.69 Å². The molecule has 9 heteroatoms. The van der Waals surface area contributed by atoms with Crippen molar-refractivity contribution < 1.29 is 24.2 Å². The van der Waals surface area contributed by atoms with E-state index in [2.05, 4.69) is 5.10 Å². The molecule has 1 aromatic carbocycles. The maximum absolute atomic E-state index is 12.8. The third-order valence-electron chi connectivity index (χ3n) is 4.32. The highest BCUT2D eigenvalue weighted by Gasteiger charge is 2.41. The Hall–Kier alpha value is -3.20. The fourth-order valence-electron chi connectivity index (χ4n) is 3.00. The number of hydrogen-bond donors (Lipinski definition) is 2. The fourth-order valence-corrected chi connectivity index (χ4v) is 3.00. The Bertz CT molecular complexity index is 848. The van der Waals surface area contributed by atoms with Gasteiger partial charge in [0.1, 0.15) is 11.7 Å². The molecular weight excluding hydrogens is 340 g/mol. The number of benzene rings is 1. The van der Waals surface area contributed by atoms with Gasteiger partial charge >= 0.3 is 5.97 Å². The van der Waals surface area contributed by atoms with Crippen LogP contribution in [0.4, 0.5) is 0 Å². The summed E-state index contributed by atoms with van der Waals surface area (Å²) >= 11 is 0. The molecule has 0 bridgehead atoms. The summed E-state index contributed by atoms with van der Waals surface area (Å²) in [6, 6.07) is 9.01. The number of carboxylic acid groups (broad SMARTS) is 1. The van der Waals surface area contributed by atoms with E-state index in [0.717, 1.165) is 0 Å². The van der Waals surface area contributed by atoms with E-state index in [1.807, 2.05) is 0 Å². The van der Waals surface area contributed by atoms with Crippen LogP contribution in [0, 0.1) is 0 Å². The molecule has 1 fully saturated rings. The molecule has 26 heavy (non-hydrogen) atoms. The number of aliphatic carboxylic acids is 1. The van der Waals surface area contributed by atoms with E-state index in [-0.39, 0.29) is 30.5 Å². The Kier molecular flexibility index (Phi) is 4.72. The Morgan fingerprint density at radius 1 is 1.27 bits per heavy atom. The summed E-state index contributed by atoms with van der Waals surface area (Å²) in [5.41, 5.74) is 5.95. The largest absolute Gasteiger partial charge is 0.480 e. The first-order chi connectivity index (χ1) is 12.4. The van der Waals surface area contributed by atoms with Crippen LogP contribution in [0.1, 0.15) is 27.4 Å². The number of ether oxygens (including phenoxy) is 1. The maximum atomic E-state index is 12.8. The number of para-hydroxylation sites is 1. The van der Waals surface area contributed by atoms with Gasteiger partial charge in [-0.25, -0.2) is 9.48 Å². The van der Waals surface area contributed by atoms with Crippen molar-refractivity contribution in [2.75, 3.05) is 13.7 Å². The highest BCUT2D eigenvalue weighted by Crippen LogP contribution is 2.23. The summed E-state index contributed by atoms with van der Waals surface area (Å²) < 4.78 is 6.46. The number of carbonyl (C=O) groups is 3. The lowest BCUT2D eigenvalue weighted by Crippen LogP contribution is -2.40. The Morgan fingerprint density at radius 3 is 2.54 bits per heavy atom. The topological polar surface area (TPSA) is 128 Å². The second-order valence-corrected chi connectivity index (χ2v) is 5.93. The van der Waals surface area contributed by atoms with Crippen molar-refractivity contribution >= 4 is 17.8 Å². The van der Waals surface area contributed by atoms with Gasteiger partial charge in [0, 0.05) is 26.1 Å². The average molecular weight is 358 g/mol. The van der Waals surface area contributed by atoms with Gasteiger partial charge in [0.15, 0.2) is 5.69 Å². The molecule has 1 aliphatic rings. The van der Waals surface area contributed by atoms with Crippen LogP contribution in [0.25, 0.3) is 5.69 Å². The summed E-state index contributed by atoms with van der Waals surface area (Å²) in [5, 5.41) is 13.6. The maximum Gasteiger partial charge on any atom is 0.326 e. The number of carbonyl (C=O) groups excluding carboxylic acids is 2. The van der Waals surface area contributed by atoms with Crippen LogP contribution in [-0.2, 0) is 9.53 Å². The number of nitrogens with zero attached hydrogens (tertiary/aromatic N) is 3. The lowest BCUT2D eigenvalue weighted by Gasteiger charge is -2.19. The van der Waals surface area contributed by atoms with E-state index < -0.39 is 23.8 Å². The SMILES string of the molecule is COC1CC(C(=O)O)N(C(=O)c2cc(C(N)=O)n(-c3ccccc3)n2)C1. The molecule has 2 atom stereocenters. The number of rotatable bonds is 5. The van der Waals surface area contributed by atoms with Crippen LogP contribution in [0.3, 0.4) is 0 Å². The second kappa shape index (κ2) is 6.96. The van der Waals surface area contributed by atoms with Crippen LogP contribution in [0.5, 0.6) is 0 Å². The minimum absolute atomic E-state index is 0.0360. The lowest BCUT2D eigenvalue weighted by atomic mass is 10.2. The Morgan fingerprint density at radius 2 is 1.96 bits per heavy atom. The number of hydrogen-bond acceptors (Lipinski definition) is 5. The third-order valence-corrected chi connectivity index (χ3v) is 4.32. The molecule has 0 aliphatic carbocycles. The quantitative estimate of drug-likeness (QED) is 0.790. The Balaban J connectivity index is 1.98. The summed E-state index contributed by atoms with van der Waals surface area (Å²) in [5.74, 6) is -2.45. The van der Waals surface area contributed by atoms with Crippen LogP contribution in [0.15, 0.2) is 36.4 Å². The average Bonchev–Trinajstić information content (AvgIpc) is 3.26. The van der Waals surface area contributed by atoms with Gasteiger partial charge in [0.25, 0.3) is 11.8 Å². The molecule has 2 unspecified atom stereocenters. The zero-order valence-electron chi connectivity index (χ0n) is 14.0. The van der Waals surface area contributed by atoms with Gasteiger partial charge in [-0.1, -0.05) is 18.2 Å². The molecule has 3 rings (SSSR count). The number of primary amides is 1. The summed E-state index contributed by atoms with van der Waals surface area (Å²) in [6.45, 7) is 0.135. The first-order valence-electron chi connectivity index (χ1n) is 7.94. The monoisotopic (exact) mass is 358 g/mol. The summed E-state index contributed by atoms with van der Waals surface area (Å²) in [7, 11) is 1.47. The molecule has 0 spiro atoms.